The average molecular weight is 354 g/mol. The van der Waals surface area contributed by atoms with Crippen molar-refractivity contribution in [1.29, 1.82) is 0 Å². The molecule has 0 atom stereocenters. The number of carbonyl (C=O) groups excluding carboxylic acids is 2. The Hall–Kier alpha value is -2.66. The summed E-state index contributed by atoms with van der Waals surface area (Å²) in [6, 6.07) is 19.2. The molecule has 3 aromatic carbocycles. The number of esters is 1. The van der Waals surface area contributed by atoms with Crippen LogP contribution in [0.5, 0.6) is 0 Å². The highest BCUT2D eigenvalue weighted by Crippen LogP contribution is 2.23. The molecule has 25 heavy (non-hydrogen) atoms. The van der Waals surface area contributed by atoms with Crippen LogP contribution in [0.15, 0.2) is 71.6 Å². The van der Waals surface area contributed by atoms with Crippen molar-refractivity contribution in [2.45, 2.75) is 4.90 Å². The first-order valence-electron chi connectivity index (χ1n) is 7.68. The van der Waals surface area contributed by atoms with Gasteiger partial charge in [0.15, 0.2) is 12.4 Å². The minimum Gasteiger partial charge on any atom is -0.457 e. The van der Waals surface area contributed by atoms with Crippen molar-refractivity contribution in [3.8, 4) is 0 Å². The van der Waals surface area contributed by atoms with Gasteiger partial charge in [0, 0.05) is 10.5 Å². The summed E-state index contributed by atoms with van der Waals surface area (Å²) >= 11 is 1.35. The quantitative estimate of drug-likeness (QED) is 0.371. The molecule has 3 rings (SSSR count). The van der Waals surface area contributed by atoms with Crippen LogP contribution in [0, 0.1) is 5.82 Å². The van der Waals surface area contributed by atoms with Gasteiger partial charge in [-0.25, -0.2) is 4.39 Å². The van der Waals surface area contributed by atoms with E-state index in [1.54, 1.807) is 0 Å². The number of rotatable bonds is 6. The molecule has 0 bridgehead atoms. The summed E-state index contributed by atoms with van der Waals surface area (Å²) in [5.41, 5.74) is 0.190. The normalized spacial score (nSPS) is 10.6. The summed E-state index contributed by atoms with van der Waals surface area (Å²) in [5, 5.41) is 2.23. The fourth-order valence-corrected chi connectivity index (χ4v) is 3.07. The first-order chi connectivity index (χ1) is 12.1. The Morgan fingerprint density at radius 2 is 1.72 bits per heavy atom. The topological polar surface area (TPSA) is 43.4 Å². The van der Waals surface area contributed by atoms with Gasteiger partial charge in [0.05, 0.1) is 5.75 Å². The molecule has 126 valence electrons. The van der Waals surface area contributed by atoms with Crippen molar-refractivity contribution in [2.75, 3.05) is 12.4 Å². The zero-order valence-electron chi connectivity index (χ0n) is 13.3. The number of halogens is 1. The van der Waals surface area contributed by atoms with E-state index in [1.165, 1.54) is 30.0 Å². The van der Waals surface area contributed by atoms with E-state index in [1.807, 2.05) is 42.5 Å². The smallest absolute Gasteiger partial charge is 0.316 e. The number of thioether (sulfide) groups is 1. The predicted molar refractivity (Wildman–Crippen MR) is 96.4 cm³/mol. The number of hydrogen-bond donors (Lipinski definition) is 0. The van der Waals surface area contributed by atoms with Crippen LogP contribution in [0.4, 0.5) is 4.39 Å². The van der Waals surface area contributed by atoms with Gasteiger partial charge in [0.25, 0.3) is 0 Å². The van der Waals surface area contributed by atoms with Crippen molar-refractivity contribution >= 4 is 34.3 Å². The number of carbonyl (C=O) groups is 2. The van der Waals surface area contributed by atoms with Crippen LogP contribution in [-0.2, 0) is 9.53 Å². The number of hydrogen-bond acceptors (Lipinski definition) is 4. The van der Waals surface area contributed by atoms with Crippen molar-refractivity contribution in [2.24, 2.45) is 0 Å². The Morgan fingerprint density at radius 3 is 2.52 bits per heavy atom. The maximum Gasteiger partial charge on any atom is 0.316 e. The van der Waals surface area contributed by atoms with Crippen LogP contribution in [0.3, 0.4) is 0 Å². The van der Waals surface area contributed by atoms with E-state index in [2.05, 4.69) is 0 Å². The average Bonchev–Trinajstić information content (AvgIpc) is 2.64. The highest BCUT2D eigenvalue weighted by atomic mass is 32.2. The molecule has 0 heterocycles. The highest BCUT2D eigenvalue weighted by molar-refractivity contribution is 8.00. The van der Waals surface area contributed by atoms with E-state index in [4.69, 9.17) is 4.74 Å². The fourth-order valence-electron chi connectivity index (χ4n) is 2.33. The van der Waals surface area contributed by atoms with Gasteiger partial charge >= 0.3 is 5.97 Å². The van der Waals surface area contributed by atoms with E-state index < -0.39 is 17.6 Å². The second-order valence-corrected chi connectivity index (χ2v) is 6.44. The lowest BCUT2D eigenvalue weighted by Crippen LogP contribution is -2.15. The van der Waals surface area contributed by atoms with Gasteiger partial charge in [-0.15, -0.1) is 11.8 Å². The monoisotopic (exact) mass is 354 g/mol. The molecule has 0 aromatic heterocycles. The minimum absolute atomic E-state index is 0.106. The molecule has 3 nitrogen and oxygen atoms in total. The molecule has 0 saturated heterocycles. The molecule has 0 radical (unpaired) electrons. The third kappa shape index (κ3) is 4.67. The molecule has 0 spiro atoms. The third-order valence-electron chi connectivity index (χ3n) is 3.59. The molecule has 0 aliphatic rings. The summed E-state index contributed by atoms with van der Waals surface area (Å²) in [4.78, 5) is 24.6. The maximum atomic E-state index is 13.1. The first-order valence-corrected chi connectivity index (χ1v) is 8.66. The first kappa shape index (κ1) is 17.2. The number of benzene rings is 3. The fraction of sp³-hybridized carbons (Fsp3) is 0.100. The zero-order chi connectivity index (χ0) is 17.6. The number of fused-ring (bicyclic) bond motifs is 1. The Balaban J connectivity index is 1.51. The van der Waals surface area contributed by atoms with Gasteiger partial charge in [-0.2, -0.15) is 0 Å². The van der Waals surface area contributed by atoms with E-state index in [-0.39, 0.29) is 17.9 Å². The Labute approximate surface area is 148 Å². The van der Waals surface area contributed by atoms with Crippen molar-refractivity contribution < 1.29 is 18.7 Å². The minimum atomic E-state index is -0.496. The number of ketones is 1. The summed E-state index contributed by atoms with van der Waals surface area (Å²) in [7, 11) is 0. The standard InChI is InChI=1S/C20H15FO3S/c21-17-7-3-6-16(10-17)19(22)12-24-20(23)13-25-18-9-8-14-4-1-2-5-15(14)11-18/h1-11H,12-13H2. The van der Waals surface area contributed by atoms with Crippen LogP contribution in [-0.4, -0.2) is 24.1 Å². The van der Waals surface area contributed by atoms with Gasteiger partial charge in [-0.1, -0.05) is 42.5 Å². The van der Waals surface area contributed by atoms with E-state index in [0.29, 0.717) is 0 Å². The Kier molecular flexibility index (Phi) is 5.46. The summed E-state index contributed by atoms with van der Waals surface area (Å²) < 4.78 is 18.1. The summed E-state index contributed by atoms with van der Waals surface area (Å²) in [6.45, 7) is -0.388. The van der Waals surface area contributed by atoms with Crippen molar-refractivity contribution in [3.63, 3.8) is 0 Å². The highest BCUT2D eigenvalue weighted by Gasteiger charge is 2.11. The molecular weight excluding hydrogens is 339 g/mol. The lowest BCUT2D eigenvalue weighted by molar-refractivity contribution is -0.139. The van der Waals surface area contributed by atoms with Gasteiger partial charge in [0.1, 0.15) is 5.82 Å². The van der Waals surface area contributed by atoms with Gasteiger partial charge in [-0.05, 0) is 35.0 Å². The van der Waals surface area contributed by atoms with Crippen LogP contribution < -0.4 is 0 Å². The zero-order valence-corrected chi connectivity index (χ0v) is 14.1. The van der Waals surface area contributed by atoms with Crippen LogP contribution in [0.1, 0.15) is 10.4 Å². The van der Waals surface area contributed by atoms with E-state index in [0.717, 1.165) is 21.7 Å². The Bertz CT molecular complexity index is 923. The lowest BCUT2D eigenvalue weighted by Gasteiger charge is -2.05. The molecule has 0 saturated carbocycles. The molecular formula is C20H15FO3S. The second kappa shape index (κ2) is 7.94. The molecule has 0 fully saturated rings. The lowest BCUT2D eigenvalue weighted by atomic mass is 10.1. The largest absolute Gasteiger partial charge is 0.457 e. The SMILES string of the molecule is O=C(CSc1ccc2ccccc2c1)OCC(=O)c1cccc(F)c1. The van der Waals surface area contributed by atoms with Crippen LogP contribution in [0.2, 0.25) is 0 Å². The molecule has 5 heteroatoms. The Morgan fingerprint density at radius 1 is 0.920 bits per heavy atom. The second-order valence-electron chi connectivity index (χ2n) is 5.39. The van der Waals surface area contributed by atoms with E-state index >= 15 is 0 Å². The number of ether oxygens (including phenoxy) is 1. The van der Waals surface area contributed by atoms with Crippen LogP contribution >= 0.6 is 11.8 Å². The molecule has 0 aliphatic heterocycles. The summed E-state index contributed by atoms with van der Waals surface area (Å²) in [6.07, 6.45) is 0. The van der Waals surface area contributed by atoms with Crippen molar-refractivity contribution in [3.05, 3.63) is 78.1 Å². The molecule has 0 unspecified atom stereocenters. The molecule has 3 aromatic rings. The van der Waals surface area contributed by atoms with Crippen LogP contribution in [0.25, 0.3) is 10.8 Å². The van der Waals surface area contributed by atoms with E-state index in [9.17, 15) is 14.0 Å². The third-order valence-corrected chi connectivity index (χ3v) is 4.56. The van der Waals surface area contributed by atoms with Gasteiger partial charge in [-0.3, -0.25) is 9.59 Å². The van der Waals surface area contributed by atoms with Gasteiger partial charge in [0.2, 0.25) is 0 Å². The molecule has 0 aliphatic carbocycles. The van der Waals surface area contributed by atoms with Crippen molar-refractivity contribution in [1.82, 2.24) is 0 Å². The molecule has 0 N–H and O–H groups in total. The predicted octanol–water partition coefficient (Wildman–Crippen LogP) is 4.50. The molecule has 0 amide bonds. The maximum absolute atomic E-state index is 13.1. The number of Topliss-reactive ketones (excluding diaryl/α,β-unsaturated/α-hetero) is 1. The van der Waals surface area contributed by atoms with Gasteiger partial charge < -0.3 is 4.74 Å². The summed E-state index contributed by atoms with van der Waals surface area (Å²) in [5.74, 6) is -1.30.